The third-order valence-electron chi connectivity index (χ3n) is 6.37. The monoisotopic (exact) mass is 479 g/mol. The van der Waals surface area contributed by atoms with Gasteiger partial charge in [-0.2, -0.15) is 0 Å². The van der Waals surface area contributed by atoms with Gasteiger partial charge in [-0.1, -0.05) is 41.6 Å². The molecule has 0 atom stereocenters. The molecule has 1 aromatic heterocycles. The van der Waals surface area contributed by atoms with Crippen LogP contribution < -0.4 is 5.32 Å². The van der Waals surface area contributed by atoms with Crippen LogP contribution in [0, 0.1) is 12.8 Å². The highest BCUT2D eigenvalue weighted by atomic mass is 16.6. The van der Waals surface area contributed by atoms with E-state index in [1.807, 2.05) is 45.8 Å². The molecule has 1 aliphatic rings. The van der Waals surface area contributed by atoms with Crippen LogP contribution in [0.3, 0.4) is 0 Å². The molecule has 0 bridgehead atoms. The van der Waals surface area contributed by atoms with Crippen LogP contribution in [0.1, 0.15) is 62.4 Å². The van der Waals surface area contributed by atoms with E-state index in [2.05, 4.69) is 53.8 Å². The van der Waals surface area contributed by atoms with E-state index in [1.54, 1.807) is 0 Å². The fourth-order valence-corrected chi connectivity index (χ4v) is 4.49. The molecule has 1 N–H and O–H groups in total. The van der Waals surface area contributed by atoms with Crippen LogP contribution >= 0.6 is 0 Å². The number of carbonyl (C=O) groups excluding carboxylic acids is 1. The van der Waals surface area contributed by atoms with Crippen molar-refractivity contribution in [1.29, 1.82) is 0 Å². The van der Waals surface area contributed by atoms with E-state index in [0.29, 0.717) is 5.92 Å². The van der Waals surface area contributed by atoms with Crippen molar-refractivity contribution >= 4 is 17.1 Å². The van der Waals surface area contributed by atoms with Crippen molar-refractivity contribution in [1.82, 2.24) is 15.4 Å². The maximum Gasteiger partial charge on any atom is 0.410 e. The third-order valence-corrected chi connectivity index (χ3v) is 6.37. The SMILES string of the molecule is CNC.Cc1c(Cc2ccccc2)ccc2c(CCC3CCN(C(=O)OC(C)(C)C)CC3)noc12. The van der Waals surface area contributed by atoms with Gasteiger partial charge in [-0.3, -0.25) is 0 Å². The fourth-order valence-electron chi connectivity index (χ4n) is 4.49. The molecule has 2 heterocycles. The summed E-state index contributed by atoms with van der Waals surface area (Å²) >= 11 is 0. The number of rotatable bonds is 5. The van der Waals surface area contributed by atoms with Gasteiger partial charge in [0, 0.05) is 18.5 Å². The summed E-state index contributed by atoms with van der Waals surface area (Å²) in [7, 11) is 3.75. The summed E-state index contributed by atoms with van der Waals surface area (Å²) < 4.78 is 11.3. The van der Waals surface area contributed by atoms with E-state index in [4.69, 9.17) is 9.26 Å². The molecule has 0 spiro atoms. The second kappa shape index (κ2) is 12.2. The van der Waals surface area contributed by atoms with Crippen LogP contribution in [-0.2, 0) is 17.6 Å². The quantitative estimate of drug-likeness (QED) is 0.476. The Hall–Kier alpha value is -2.86. The van der Waals surface area contributed by atoms with Crippen LogP contribution in [0.25, 0.3) is 11.0 Å². The summed E-state index contributed by atoms with van der Waals surface area (Å²) in [6, 6.07) is 14.9. The van der Waals surface area contributed by atoms with Crippen molar-refractivity contribution in [3.05, 3.63) is 64.8 Å². The number of nitrogens with one attached hydrogen (secondary N) is 1. The third kappa shape index (κ3) is 7.56. The predicted molar refractivity (Wildman–Crippen MR) is 142 cm³/mol. The molecule has 190 valence electrons. The Morgan fingerprint density at radius 3 is 2.40 bits per heavy atom. The summed E-state index contributed by atoms with van der Waals surface area (Å²) in [4.78, 5) is 14.1. The zero-order chi connectivity index (χ0) is 25.4. The molecule has 0 unspecified atom stereocenters. The van der Waals surface area contributed by atoms with E-state index < -0.39 is 5.60 Å². The molecule has 0 radical (unpaired) electrons. The highest BCUT2D eigenvalue weighted by molar-refractivity contribution is 5.83. The zero-order valence-electron chi connectivity index (χ0n) is 22.2. The Labute approximate surface area is 210 Å². The van der Waals surface area contributed by atoms with Crippen molar-refractivity contribution in [3.63, 3.8) is 0 Å². The maximum atomic E-state index is 12.3. The molecular formula is C29H41N3O3. The minimum Gasteiger partial charge on any atom is -0.444 e. The lowest BCUT2D eigenvalue weighted by Crippen LogP contribution is -2.41. The standard InChI is InChI=1S/C27H34N2O3.C2H7N/c1-19-22(18-21-8-6-5-7-9-21)11-12-23-24(28-32-25(19)23)13-10-20-14-16-29(17-15-20)26(30)31-27(2,3)4;1-3-2/h5-9,11-12,20H,10,13-18H2,1-4H3;3H,1-2H3. The molecule has 1 aliphatic heterocycles. The number of nitrogens with zero attached hydrogens (tertiary/aromatic N) is 2. The number of hydrogen-bond acceptors (Lipinski definition) is 5. The second-order valence-electron chi connectivity index (χ2n) is 10.5. The van der Waals surface area contributed by atoms with Crippen LogP contribution in [0.2, 0.25) is 0 Å². The normalized spacial score (nSPS) is 14.5. The predicted octanol–water partition coefficient (Wildman–Crippen LogP) is 6.14. The molecule has 35 heavy (non-hydrogen) atoms. The van der Waals surface area contributed by atoms with Gasteiger partial charge in [-0.25, -0.2) is 4.79 Å². The number of likely N-dealkylation sites (tertiary alicyclic amines) is 1. The van der Waals surface area contributed by atoms with Crippen LogP contribution in [0.4, 0.5) is 4.79 Å². The number of amides is 1. The van der Waals surface area contributed by atoms with E-state index in [0.717, 1.165) is 61.9 Å². The fraction of sp³-hybridized carbons (Fsp3) is 0.517. The first-order valence-electron chi connectivity index (χ1n) is 12.7. The molecule has 1 amide bonds. The van der Waals surface area contributed by atoms with Gasteiger partial charge in [0.15, 0.2) is 5.58 Å². The van der Waals surface area contributed by atoms with Gasteiger partial charge in [0.1, 0.15) is 5.60 Å². The van der Waals surface area contributed by atoms with E-state index in [-0.39, 0.29) is 6.09 Å². The van der Waals surface area contributed by atoms with Crippen molar-refractivity contribution < 1.29 is 14.1 Å². The number of fused-ring (bicyclic) bond motifs is 1. The Morgan fingerprint density at radius 1 is 1.11 bits per heavy atom. The van der Waals surface area contributed by atoms with Gasteiger partial charge in [0.05, 0.1) is 5.69 Å². The minimum atomic E-state index is -0.443. The molecule has 6 nitrogen and oxygen atoms in total. The van der Waals surface area contributed by atoms with Gasteiger partial charge >= 0.3 is 6.09 Å². The summed E-state index contributed by atoms with van der Waals surface area (Å²) in [5.74, 6) is 0.596. The van der Waals surface area contributed by atoms with Crippen molar-refractivity contribution in [2.24, 2.45) is 5.92 Å². The van der Waals surface area contributed by atoms with Crippen LogP contribution in [0.5, 0.6) is 0 Å². The first-order valence-corrected chi connectivity index (χ1v) is 12.7. The molecule has 0 aliphatic carbocycles. The molecule has 1 fully saturated rings. The Kier molecular flexibility index (Phi) is 9.33. The lowest BCUT2D eigenvalue weighted by atomic mass is 9.91. The van der Waals surface area contributed by atoms with Crippen molar-refractivity contribution in [2.75, 3.05) is 27.2 Å². The first-order chi connectivity index (χ1) is 16.7. The first kappa shape index (κ1) is 26.7. The van der Waals surface area contributed by atoms with Gasteiger partial charge < -0.3 is 19.5 Å². The van der Waals surface area contributed by atoms with Crippen molar-refractivity contribution in [3.8, 4) is 0 Å². The minimum absolute atomic E-state index is 0.194. The summed E-state index contributed by atoms with van der Waals surface area (Å²) in [6.45, 7) is 9.38. The topological polar surface area (TPSA) is 67.6 Å². The highest BCUT2D eigenvalue weighted by Crippen LogP contribution is 2.29. The molecule has 2 aromatic carbocycles. The number of piperidine rings is 1. The van der Waals surface area contributed by atoms with Crippen LogP contribution in [0.15, 0.2) is 47.0 Å². The molecule has 1 saturated heterocycles. The largest absolute Gasteiger partial charge is 0.444 e. The Bertz CT molecular complexity index is 1080. The number of aryl methyl sites for hydroxylation is 2. The average molecular weight is 480 g/mol. The lowest BCUT2D eigenvalue weighted by molar-refractivity contribution is 0.0181. The zero-order valence-corrected chi connectivity index (χ0v) is 22.2. The molecule has 0 saturated carbocycles. The average Bonchev–Trinajstić information content (AvgIpc) is 3.24. The molecule has 4 rings (SSSR count). The summed E-state index contributed by atoms with van der Waals surface area (Å²) in [6.07, 6.45) is 4.69. The molecule has 6 heteroatoms. The Balaban J connectivity index is 0.00000108. The van der Waals surface area contributed by atoms with E-state index in [9.17, 15) is 4.79 Å². The number of hydrogen-bond donors (Lipinski definition) is 1. The number of carbonyl (C=O) groups is 1. The van der Waals surface area contributed by atoms with Gasteiger partial charge in [0.2, 0.25) is 0 Å². The van der Waals surface area contributed by atoms with Crippen LogP contribution in [-0.4, -0.2) is 48.9 Å². The summed E-state index contributed by atoms with van der Waals surface area (Å²) in [5.41, 5.74) is 5.27. The molecular weight excluding hydrogens is 438 g/mol. The highest BCUT2D eigenvalue weighted by Gasteiger charge is 2.27. The van der Waals surface area contributed by atoms with Gasteiger partial charge in [-0.05, 0) is 103 Å². The Morgan fingerprint density at radius 2 is 1.77 bits per heavy atom. The van der Waals surface area contributed by atoms with E-state index >= 15 is 0 Å². The van der Waals surface area contributed by atoms with Crippen molar-refractivity contribution in [2.45, 2.75) is 65.4 Å². The number of aromatic nitrogens is 1. The number of ether oxygens (including phenoxy) is 1. The maximum absolute atomic E-state index is 12.3. The second-order valence-corrected chi connectivity index (χ2v) is 10.5. The smallest absolute Gasteiger partial charge is 0.410 e. The lowest BCUT2D eigenvalue weighted by Gasteiger charge is -2.33. The van der Waals surface area contributed by atoms with E-state index in [1.165, 1.54) is 16.7 Å². The number of benzene rings is 2. The van der Waals surface area contributed by atoms with Gasteiger partial charge in [0.25, 0.3) is 0 Å². The molecule has 3 aromatic rings. The summed E-state index contributed by atoms with van der Waals surface area (Å²) in [5, 5.41) is 8.29. The van der Waals surface area contributed by atoms with Gasteiger partial charge in [-0.15, -0.1) is 0 Å².